The standard InChI is InChI=1S/C12H10INO4/c1-5-9(12(16)17)14-10-7(11(5)15)3-6(13)4-8(10)18-2/h3-4H,1-2H3,(H,14,15)(H,16,17). The molecule has 5 nitrogen and oxygen atoms in total. The summed E-state index contributed by atoms with van der Waals surface area (Å²) < 4.78 is 6.02. The molecular formula is C12H10INO4. The Morgan fingerprint density at radius 2 is 2.11 bits per heavy atom. The van der Waals surface area contributed by atoms with Gasteiger partial charge in [-0.2, -0.15) is 0 Å². The molecule has 2 rings (SSSR count). The number of halogens is 1. The SMILES string of the molecule is COc1cc(I)cc2c(=O)c(C)c(C(=O)O)[nH]c12. The highest BCUT2D eigenvalue weighted by Crippen LogP contribution is 2.25. The molecule has 94 valence electrons. The molecule has 0 spiro atoms. The maximum Gasteiger partial charge on any atom is 0.352 e. The first-order valence-electron chi connectivity index (χ1n) is 5.09. The summed E-state index contributed by atoms with van der Waals surface area (Å²) in [6.45, 7) is 1.49. The molecule has 18 heavy (non-hydrogen) atoms. The zero-order valence-corrected chi connectivity index (χ0v) is 11.9. The normalized spacial score (nSPS) is 10.6. The Kier molecular flexibility index (Phi) is 3.29. The molecule has 1 aromatic heterocycles. The molecule has 0 bridgehead atoms. The highest BCUT2D eigenvalue weighted by molar-refractivity contribution is 14.1. The molecule has 0 radical (unpaired) electrons. The summed E-state index contributed by atoms with van der Waals surface area (Å²) in [4.78, 5) is 26.0. The van der Waals surface area contributed by atoms with E-state index in [0.717, 1.165) is 3.57 Å². The number of benzene rings is 1. The summed E-state index contributed by atoms with van der Waals surface area (Å²) in [6, 6.07) is 3.44. The Bertz CT molecular complexity index is 705. The Morgan fingerprint density at radius 1 is 1.44 bits per heavy atom. The minimum Gasteiger partial charge on any atom is -0.495 e. The predicted molar refractivity (Wildman–Crippen MR) is 75.5 cm³/mol. The smallest absolute Gasteiger partial charge is 0.352 e. The van der Waals surface area contributed by atoms with Crippen LogP contribution in [0.1, 0.15) is 16.1 Å². The lowest BCUT2D eigenvalue weighted by Gasteiger charge is -2.09. The molecule has 0 saturated heterocycles. The average Bonchev–Trinajstić information content (AvgIpc) is 2.32. The number of carboxylic acids is 1. The van der Waals surface area contributed by atoms with Gasteiger partial charge in [0.05, 0.1) is 18.0 Å². The molecule has 2 N–H and O–H groups in total. The van der Waals surface area contributed by atoms with E-state index in [1.54, 1.807) is 12.1 Å². The van der Waals surface area contributed by atoms with E-state index in [9.17, 15) is 9.59 Å². The lowest BCUT2D eigenvalue weighted by atomic mass is 10.1. The molecule has 6 heteroatoms. The summed E-state index contributed by atoms with van der Waals surface area (Å²) in [5.41, 5.74) is 0.204. The van der Waals surface area contributed by atoms with E-state index in [0.29, 0.717) is 16.7 Å². The zero-order valence-electron chi connectivity index (χ0n) is 9.70. The Hall–Kier alpha value is -1.57. The molecule has 2 aromatic rings. The Morgan fingerprint density at radius 3 is 2.67 bits per heavy atom. The van der Waals surface area contributed by atoms with Crippen molar-refractivity contribution in [3.8, 4) is 5.75 Å². The van der Waals surface area contributed by atoms with E-state index in [1.165, 1.54) is 14.0 Å². The molecule has 1 heterocycles. The molecule has 1 aromatic carbocycles. The molecule has 0 aliphatic heterocycles. The zero-order chi connectivity index (χ0) is 13.4. The first-order chi connectivity index (χ1) is 8.45. The van der Waals surface area contributed by atoms with Crippen LogP contribution in [0.3, 0.4) is 0 Å². The van der Waals surface area contributed by atoms with Gasteiger partial charge in [0.1, 0.15) is 11.4 Å². The maximum absolute atomic E-state index is 12.1. The van der Waals surface area contributed by atoms with Crippen molar-refractivity contribution < 1.29 is 14.6 Å². The summed E-state index contributed by atoms with van der Waals surface area (Å²) in [5, 5.41) is 9.49. The lowest BCUT2D eigenvalue weighted by Crippen LogP contribution is -2.15. The number of fused-ring (bicyclic) bond motifs is 1. The Labute approximate surface area is 116 Å². The third-order valence-electron chi connectivity index (χ3n) is 2.71. The first-order valence-corrected chi connectivity index (χ1v) is 6.17. The van der Waals surface area contributed by atoms with Gasteiger partial charge in [0.15, 0.2) is 5.43 Å². The minimum atomic E-state index is -1.16. The van der Waals surface area contributed by atoms with Crippen molar-refractivity contribution >= 4 is 39.5 Å². The van der Waals surface area contributed by atoms with E-state index in [4.69, 9.17) is 9.84 Å². The third kappa shape index (κ3) is 1.96. The van der Waals surface area contributed by atoms with Gasteiger partial charge < -0.3 is 14.8 Å². The maximum atomic E-state index is 12.1. The van der Waals surface area contributed by atoms with Crippen LogP contribution in [-0.2, 0) is 0 Å². The fourth-order valence-corrected chi connectivity index (χ4v) is 2.39. The molecular weight excluding hydrogens is 349 g/mol. The van der Waals surface area contributed by atoms with Crippen molar-refractivity contribution in [1.82, 2.24) is 4.98 Å². The highest BCUT2D eigenvalue weighted by atomic mass is 127. The van der Waals surface area contributed by atoms with Crippen LogP contribution in [0.15, 0.2) is 16.9 Å². The number of ether oxygens (including phenoxy) is 1. The van der Waals surface area contributed by atoms with Gasteiger partial charge in [-0.15, -0.1) is 0 Å². The molecule has 0 amide bonds. The van der Waals surface area contributed by atoms with Crippen LogP contribution in [0, 0.1) is 10.5 Å². The highest BCUT2D eigenvalue weighted by Gasteiger charge is 2.16. The van der Waals surface area contributed by atoms with Gasteiger partial charge in [-0.05, 0) is 41.6 Å². The van der Waals surface area contributed by atoms with E-state index in [-0.39, 0.29) is 16.7 Å². The summed E-state index contributed by atoms with van der Waals surface area (Å²) in [6.07, 6.45) is 0. The van der Waals surface area contributed by atoms with Gasteiger partial charge in [0.25, 0.3) is 0 Å². The van der Waals surface area contributed by atoms with E-state index >= 15 is 0 Å². The number of H-pyrrole nitrogens is 1. The monoisotopic (exact) mass is 359 g/mol. The Balaban J connectivity index is 3.00. The number of hydrogen-bond acceptors (Lipinski definition) is 3. The van der Waals surface area contributed by atoms with Crippen LogP contribution in [0.2, 0.25) is 0 Å². The average molecular weight is 359 g/mol. The van der Waals surface area contributed by atoms with Crippen molar-refractivity contribution in [1.29, 1.82) is 0 Å². The van der Waals surface area contributed by atoms with Gasteiger partial charge in [0.2, 0.25) is 0 Å². The number of rotatable bonds is 2. The van der Waals surface area contributed by atoms with E-state index < -0.39 is 5.97 Å². The fourth-order valence-electron chi connectivity index (χ4n) is 1.80. The number of carboxylic acid groups (broad SMARTS) is 1. The first kappa shape index (κ1) is 12.9. The van der Waals surface area contributed by atoms with E-state index in [1.807, 2.05) is 0 Å². The molecule has 0 aliphatic carbocycles. The topological polar surface area (TPSA) is 79.4 Å². The van der Waals surface area contributed by atoms with Crippen LogP contribution < -0.4 is 10.2 Å². The van der Waals surface area contributed by atoms with Crippen LogP contribution in [0.5, 0.6) is 5.75 Å². The van der Waals surface area contributed by atoms with Crippen LogP contribution in [0.4, 0.5) is 0 Å². The quantitative estimate of drug-likeness (QED) is 0.806. The number of hydrogen-bond donors (Lipinski definition) is 2. The lowest BCUT2D eigenvalue weighted by molar-refractivity contribution is 0.0690. The van der Waals surface area contributed by atoms with E-state index in [2.05, 4.69) is 27.6 Å². The van der Waals surface area contributed by atoms with Gasteiger partial charge in [-0.3, -0.25) is 4.79 Å². The molecule has 0 fully saturated rings. The second-order valence-electron chi connectivity index (χ2n) is 3.79. The summed E-state index contributed by atoms with van der Waals surface area (Å²) in [5.74, 6) is -0.705. The van der Waals surface area contributed by atoms with Crippen molar-refractivity contribution in [2.75, 3.05) is 7.11 Å². The van der Waals surface area contributed by atoms with Gasteiger partial charge in [-0.1, -0.05) is 0 Å². The van der Waals surface area contributed by atoms with Crippen LogP contribution >= 0.6 is 22.6 Å². The summed E-state index contributed by atoms with van der Waals surface area (Å²) in [7, 11) is 1.48. The molecule has 0 saturated carbocycles. The van der Waals surface area contributed by atoms with Crippen molar-refractivity contribution in [3.63, 3.8) is 0 Å². The largest absolute Gasteiger partial charge is 0.495 e. The van der Waals surface area contributed by atoms with Crippen molar-refractivity contribution in [2.24, 2.45) is 0 Å². The molecule has 0 aliphatic rings. The second kappa shape index (κ2) is 4.60. The summed E-state index contributed by atoms with van der Waals surface area (Å²) >= 11 is 2.08. The predicted octanol–water partition coefficient (Wildman–Crippen LogP) is 2.15. The van der Waals surface area contributed by atoms with Gasteiger partial charge >= 0.3 is 5.97 Å². The van der Waals surface area contributed by atoms with Gasteiger partial charge in [-0.25, -0.2) is 4.79 Å². The number of aromatic amines is 1. The van der Waals surface area contributed by atoms with Crippen molar-refractivity contribution in [2.45, 2.75) is 6.92 Å². The third-order valence-corrected chi connectivity index (χ3v) is 3.33. The molecule has 0 unspecified atom stereocenters. The second-order valence-corrected chi connectivity index (χ2v) is 5.04. The number of methoxy groups -OCH3 is 1. The van der Waals surface area contributed by atoms with Crippen LogP contribution in [-0.4, -0.2) is 23.2 Å². The van der Waals surface area contributed by atoms with Gasteiger partial charge in [0, 0.05) is 9.13 Å². The minimum absolute atomic E-state index is 0.105. The molecule has 0 atom stereocenters. The number of nitrogens with one attached hydrogen (secondary N) is 1. The number of aromatic nitrogens is 1. The number of carbonyl (C=O) groups is 1. The number of pyridine rings is 1. The fraction of sp³-hybridized carbons (Fsp3) is 0.167. The number of aromatic carboxylic acids is 1. The van der Waals surface area contributed by atoms with Crippen LogP contribution in [0.25, 0.3) is 10.9 Å². The van der Waals surface area contributed by atoms with Crippen molar-refractivity contribution in [3.05, 3.63) is 37.2 Å².